The largest absolute Gasteiger partial charge is 0.459 e. The lowest BCUT2D eigenvalue weighted by molar-refractivity contribution is -0.138. The number of amides is 1. The Balaban J connectivity index is 1.83. The highest BCUT2D eigenvalue weighted by Gasteiger charge is 2.33. The minimum Gasteiger partial charge on any atom is -0.459 e. The molecule has 1 aromatic heterocycles. The van der Waals surface area contributed by atoms with E-state index in [2.05, 4.69) is 20.9 Å². The van der Waals surface area contributed by atoms with Crippen molar-refractivity contribution in [1.82, 2.24) is 16.0 Å². The van der Waals surface area contributed by atoms with Gasteiger partial charge in [-0.25, -0.2) is 4.39 Å². The lowest BCUT2D eigenvalue weighted by Gasteiger charge is -2.16. The van der Waals surface area contributed by atoms with Crippen LogP contribution in [0, 0.1) is 5.82 Å². The molecule has 0 saturated heterocycles. The molecule has 27 heavy (non-hydrogen) atoms. The fourth-order valence-electron chi connectivity index (χ4n) is 2.22. The zero-order chi connectivity index (χ0) is 19.9. The number of halogens is 4. The summed E-state index contributed by atoms with van der Waals surface area (Å²) >= 11 is 0. The highest BCUT2D eigenvalue weighted by Crippen LogP contribution is 2.32. The highest BCUT2D eigenvalue weighted by atomic mass is 19.4. The maximum atomic E-state index is 13.1. The molecule has 1 amide bonds. The minimum atomic E-state index is -4.66. The number of carbonyl (C=O) groups is 1. The number of furan rings is 1. The molecule has 0 spiro atoms. The van der Waals surface area contributed by atoms with Crippen molar-refractivity contribution < 1.29 is 26.8 Å². The van der Waals surface area contributed by atoms with Crippen LogP contribution in [0.2, 0.25) is 0 Å². The molecule has 1 aromatic carbocycles. The van der Waals surface area contributed by atoms with Crippen molar-refractivity contribution in [2.45, 2.75) is 12.7 Å². The van der Waals surface area contributed by atoms with Crippen LogP contribution < -0.4 is 16.0 Å². The van der Waals surface area contributed by atoms with Crippen molar-refractivity contribution in [2.75, 3.05) is 20.1 Å². The van der Waals surface area contributed by atoms with E-state index < -0.39 is 17.6 Å². The maximum absolute atomic E-state index is 13.1. The SMILES string of the molecule is CN=C(NCCNC(=O)c1ccco1)NCc1ccc(F)cc1C(F)(F)F. The van der Waals surface area contributed by atoms with Crippen LogP contribution in [-0.2, 0) is 12.7 Å². The van der Waals surface area contributed by atoms with E-state index in [9.17, 15) is 22.4 Å². The lowest BCUT2D eigenvalue weighted by atomic mass is 10.1. The Hall–Kier alpha value is -3.04. The Kier molecular flexibility index (Phi) is 6.80. The molecule has 0 radical (unpaired) electrons. The van der Waals surface area contributed by atoms with Gasteiger partial charge in [0.1, 0.15) is 5.82 Å². The third-order valence-electron chi connectivity index (χ3n) is 3.50. The van der Waals surface area contributed by atoms with Gasteiger partial charge < -0.3 is 20.4 Å². The summed E-state index contributed by atoms with van der Waals surface area (Å²) in [5.41, 5.74) is -1.16. The van der Waals surface area contributed by atoms with E-state index in [1.165, 1.54) is 19.4 Å². The molecule has 0 bridgehead atoms. The lowest BCUT2D eigenvalue weighted by Crippen LogP contribution is -2.41. The van der Waals surface area contributed by atoms with Crippen molar-refractivity contribution in [3.05, 3.63) is 59.3 Å². The van der Waals surface area contributed by atoms with Crippen LogP contribution in [0.3, 0.4) is 0 Å². The van der Waals surface area contributed by atoms with Crippen LogP contribution in [0.4, 0.5) is 17.6 Å². The van der Waals surface area contributed by atoms with Gasteiger partial charge in [-0.15, -0.1) is 0 Å². The molecule has 0 saturated carbocycles. The second kappa shape index (κ2) is 9.06. The normalized spacial score (nSPS) is 12.0. The molecular formula is C17H18F4N4O2. The number of benzene rings is 1. The molecule has 1 heterocycles. The van der Waals surface area contributed by atoms with E-state index >= 15 is 0 Å². The number of hydrogen-bond donors (Lipinski definition) is 3. The summed E-state index contributed by atoms with van der Waals surface area (Å²) in [6, 6.07) is 5.60. The Morgan fingerprint density at radius 2 is 1.89 bits per heavy atom. The number of carbonyl (C=O) groups excluding carboxylic acids is 1. The van der Waals surface area contributed by atoms with Crippen LogP contribution in [0.1, 0.15) is 21.7 Å². The summed E-state index contributed by atoms with van der Waals surface area (Å²) in [5, 5.41) is 8.17. The van der Waals surface area contributed by atoms with E-state index in [0.717, 1.165) is 12.1 Å². The first-order valence-electron chi connectivity index (χ1n) is 7.93. The number of aliphatic imine (C=N–C) groups is 1. The summed E-state index contributed by atoms with van der Waals surface area (Å²) in [6.07, 6.45) is -3.28. The summed E-state index contributed by atoms with van der Waals surface area (Å²) in [6.45, 7) is 0.319. The summed E-state index contributed by atoms with van der Waals surface area (Å²) in [5.74, 6) is -0.931. The van der Waals surface area contributed by atoms with Gasteiger partial charge in [-0.1, -0.05) is 6.07 Å². The Bertz CT molecular complexity index is 789. The second-order valence-electron chi connectivity index (χ2n) is 5.38. The molecule has 0 atom stereocenters. The molecule has 0 aliphatic rings. The van der Waals surface area contributed by atoms with Crippen LogP contribution in [0.5, 0.6) is 0 Å². The Morgan fingerprint density at radius 1 is 1.15 bits per heavy atom. The predicted molar refractivity (Wildman–Crippen MR) is 90.6 cm³/mol. The molecule has 0 aliphatic carbocycles. The van der Waals surface area contributed by atoms with E-state index in [4.69, 9.17) is 4.42 Å². The Labute approximate surface area is 152 Å². The van der Waals surface area contributed by atoms with Gasteiger partial charge in [-0.05, 0) is 29.8 Å². The molecule has 6 nitrogen and oxygen atoms in total. The second-order valence-corrected chi connectivity index (χ2v) is 5.38. The monoisotopic (exact) mass is 386 g/mol. The highest BCUT2D eigenvalue weighted by molar-refractivity contribution is 5.91. The van der Waals surface area contributed by atoms with Crippen LogP contribution in [0.15, 0.2) is 46.0 Å². The van der Waals surface area contributed by atoms with Crippen molar-refractivity contribution in [3.8, 4) is 0 Å². The molecule has 3 N–H and O–H groups in total. The summed E-state index contributed by atoms with van der Waals surface area (Å²) in [4.78, 5) is 15.6. The smallest absolute Gasteiger partial charge is 0.416 e. The predicted octanol–water partition coefficient (Wildman–Crippen LogP) is 2.53. The number of rotatable bonds is 6. The van der Waals surface area contributed by atoms with Crippen molar-refractivity contribution in [1.29, 1.82) is 0 Å². The van der Waals surface area contributed by atoms with E-state index in [-0.39, 0.29) is 42.8 Å². The average Bonchev–Trinajstić information content (AvgIpc) is 3.15. The first-order chi connectivity index (χ1) is 12.8. The molecule has 2 aromatic rings. The molecule has 10 heteroatoms. The van der Waals surface area contributed by atoms with Crippen LogP contribution in [-0.4, -0.2) is 32.0 Å². The minimum absolute atomic E-state index is 0.113. The van der Waals surface area contributed by atoms with Gasteiger partial charge >= 0.3 is 6.18 Å². The van der Waals surface area contributed by atoms with Gasteiger partial charge in [0.15, 0.2) is 11.7 Å². The van der Waals surface area contributed by atoms with Gasteiger partial charge in [0.2, 0.25) is 0 Å². The van der Waals surface area contributed by atoms with Gasteiger partial charge in [0.25, 0.3) is 5.91 Å². The van der Waals surface area contributed by atoms with Gasteiger partial charge in [-0.2, -0.15) is 13.2 Å². The molecular weight excluding hydrogens is 368 g/mol. The van der Waals surface area contributed by atoms with Gasteiger partial charge in [0.05, 0.1) is 11.8 Å². The van der Waals surface area contributed by atoms with Gasteiger partial charge in [-0.3, -0.25) is 9.79 Å². The summed E-state index contributed by atoms with van der Waals surface area (Å²) in [7, 11) is 1.45. The van der Waals surface area contributed by atoms with E-state index in [1.54, 1.807) is 6.07 Å². The number of nitrogens with one attached hydrogen (secondary N) is 3. The average molecular weight is 386 g/mol. The number of alkyl halides is 3. The summed E-state index contributed by atoms with van der Waals surface area (Å²) < 4.78 is 57.0. The quantitative estimate of drug-likeness (QED) is 0.309. The van der Waals surface area contributed by atoms with Crippen molar-refractivity contribution >= 4 is 11.9 Å². The molecule has 146 valence electrons. The van der Waals surface area contributed by atoms with Crippen LogP contribution >= 0.6 is 0 Å². The van der Waals surface area contributed by atoms with E-state index in [0.29, 0.717) is 6.07 Å². The molecule has 0 unspecified atom stereocenters. The Morgan fingerprint density at radius 3 is 2.52 bits per heavy atom. The molecule has 0 fully saturated rings. The fraction of sp³-hybridized carbons (Fsp3) is 0.294. The number of nitrogens with zero attached hydrogens (tertiary/aromatic N) is 1. The zero-order valence-corrected chi connectivity index (χ0v) is 14.4. The topological polar surface area (TPSA) is 78.7 Å². The molecule has 0 aliphatic heterocycles. The zero-order valence-electron chi connectivity index (χ0n) is 14.4. The molecule has 2 rings (SSSR count). The third kappa shape index (κ3) is 6.01. The fourth-order valence-corrected chi connectivity index (χ4v) is 2.22. The van der Waals surface area contributed by atoms with Gasteiger partial charge in [0, 0.05) is 26.7 Å². The van der Waals surface area contributed by atoms with Crippen molar-refractivity contribution in [3.63, 3.8) is 0 Å². The van der Waals surface area contributed by atoms with E-state index in [1.807, 2.05) is 0 Å². The first-order valence-corrected chi connectivity index (χ1v) is 7.93. The first kappa shape index (κ1) is 20.3. The third-order valence-corrected chi connectivity index (χ3v) is 3.50. The standard InChI is InChI=1S/C17H18F4N4O2/c1-22-16(24-7-6-23-15(26)14-3-2-8-27-14)25-10-11-4-5-12(18)9-13(11)17(19,20)21/h2-5,8-9H,6-7,10H2,1H3,(H,23,26)(H2,22,24,25). The maximum Gasteiger partial charge on any atom is 0.416 e. The number of guanidine groups is 1. The number of hydrogen-bond acceptors (Lipinski definition) is 3. The van der Waals surface area contributed by atoms with Crippen LogP contribution in [0.25, 0.3) is 0 Å². The van der Waals surface area contributed by atoms with Crippen molar-refractivity contribution in [2.24, 2.45) is 4.99 Å².